The average molecular weight is 418 g/mol. The molecule has 7 heteroatoms. The van der Waals surface area contributed by atoms with Gasteiger partial charge in [0, 0.05) is 11.4 Å². The number of aromatic nitrogens is 3. The lowest BCUT2D eigenvalue weighted by atomic mass is 9.95. The Morgan fingerprint density at radius 1 is 1.16 bits per heavy atom. The zero-order valence-corrected chi connectivity index (χ0v) is 18.1. The predicted molar refractivity (Wildman–Crippen MR) is 121 cm³/mol. The maximum atomic E-state index is 13.4. The van der Waals surface area contributed by atoms with Crippen LogP contribution in [0.25, 0.3) is 0 Å². The number of aryl methyl sites for hydroxylation is 1. The SMILES string of the molecule is CCCCOc1ccc([C@H]2C(C(=O)Nc3ccccc3C)=C(C)Nc3ncnn32)cc1. The van der Waals surface area contributed by atoms with Crippen molar-refractivity contribution in [3.05, 3.63) is 77.3 Å². The van der Waals surface area contributed by atoms with Gasteiger partial charge in [-0.3, -0.25) is 4.79 Å². The number of para-hydroxylation sites is 1. The third-order valence-electron chi connectivity index (χ3n) is 5.39. The molecule has 0 unspecified atom stereocenters. The molecule has 31 heavy (non-hydrogen) atoms. The number of hydrogen-bond acceptors (Lipinski definition) is 5. The van der Waals surface area contributed by atoms with Gasteiger partial charge in [-0.1, -0.05) is 43.7 Å². The van der Waals surface area contributed by atoms with E-state index in [9.17, 15) is 4.79 Å². The number of carbonyl (C=O) groups is 1. The summed E-state index contributed by atoms with van der Waals surface area (Å²) in [6, 6.07) is 15.2. The van der Waals surface area contributed by atoms with Gasteiger partial charge < -0.3 is 15.4 Å². The summed E-state index contributed by atoms with van der Waals surface area (Å²) >= 11 is 0. The van der Waals surface area contributed by atoms with E-state index in [1.807, 2.05) is 62.4 Å². The number of benzene rings is 2. The van der Waals surface area contributed by atoms with Crippen molar-refractivity contribution in [1.82, 2.24) is 14.8 Å². The van der Waals surface area contributed by atoms with Crippen LogP contribution >= 0.6 is 0 Å². The number of fused-ring (bicyclic) bond motifs is 1. The van der Waals surface area contributed by atoms with Gasteiger partial charge in [0.2, 0.25) is 5.95 Å². The molecular formula is C24H27N5O2. The molecular weight excluding hydrogens is 390 g/mol. The normalized spacial score (nSPS) is 15.3. The van der Waals surface area contributed by atoms with Crippen LogP contribution in [0.4, 0.5) is 11.6 Å². The Morgan fingerprint density at radius 3 is 2.68 bits per heavy atom. The Morgan fingerprint density at radius 2 is 1.94 bits per heavy atom. The predicted octanol–water partition coefficient (Wildman–Crippen LogP) is 4.69. The fourth-order valence-electron chi connectivity index (χ4n) is 3.68. The van der Waals surface area contributed by atoms with Crippen LogP contribution in [-0.2, 0) is 4.79 Å². The number of carbonyl (C=O) groups excluding carboxylic acids is 1. The first-order chi connectivity index (χ1) is 15.1. The molecule has 2 aromatic carbocycles. The lowest BCUT2D eigenvalue weighted by Crippen LogP contribution is -2.31. The van der Waals surface area contributed by atoms with E-state index in [0.29, 0.717) is 18.1 Å². The van der Waals surface area contributed by atoms with Gasteiger partial charge in [0.25, 0.3) is 5.91 Å². The molecule has 0 saturated carbocycles. The van der Waals surface area contributed by atoms with Crippen molar-refractivity contribution in [2.75, 3.05) is 17.2 Å². The first-order valence-electron chi connectivity index (χ1n) is 10.6. The number of hydrogen-bond donors (Lipinski definition) is 2. The molecule has 3 aromatic rings. The molecule has 0 saturated heterocycles. The molecule has 1 amide bonds. The summed E-state index contributed by atoms with van der Waals surface area (Å²) in [6.07, 6.45) is 3.60. The molecule has 0 fully saturated rings. The van der Waals surface area contributed by atoms with Gasteiger partial charge in [-0.25, -0.2) is 4.68 Å². The fourth-order valence-corrected chi connectivity index (χ4v) is 3.68. The van der Waals surface area contributed by atoms with Gasteiger partial charge >= 0.3 is 0 Å². The zero-order valence-electron chi connectivity index (χ0n) is 18.1. The highest BCUT2D eigenvalue weighted by Gasteiger charge is 2.33. The second kappa shape index (κ2) is 9.04. The lowest BCUT2D eigenvalue weighted by molar-refractivity contribution is -0.113. The van der Waals surface area contributed by atoms with E-state index < -0.39 is 6.04 Å². The number of nitrogens with one attached hydrogen (secondary N) is 2. The van der Waals surface area contributed by atoms with Crippen molar-refractivity contribution in [1.29, 1.82) is 0 Å². The van der Waals surface area contributed by atoms with Gasteiger partial charge in [0.05, 0.1) is 12.2 Å². The van der Waals surface area contributed by atoms with Gasteiger partial charge in [0.15, 0.2) is 0 Å². The topological polar surface area (TPSA) is 81.1 Å². The van der Waals surface area contributed by atoms with E-state index in [1.165, 1.54) is 6.33 Å². The summed E-state index contributed by atoms with van der Waals surface area (Å²) in [7, 11) is 0. The minimum Gasteiger partial charge on any atom is -0.494 e. The highest BCUT2D eigenvalue weighted by molar-refractivity contribution is 6.06. The van der Waals surface area contributed by atoms with Crippen molar-refractivity contribution >= 4 is 17.5 Å². The molecule has 0 bridgehead atoms. The highest BCUT2D eigenvalue weighted by Crippen LogP contribution is 2.36. The maximum absolute atomic E-state index is 13.4. The molecule has 1 aliphatic heterocycles. The van der Waals surface area contributed by atoms with Crippen LogP contribution < -0.4 is 15.4 Å². The van der Waals surface area contributed by atoms with Crippen LogP contribution in [0, 0.1) is 6.92 Å². The maximum Gasteiger partial charge on any atom is 0.255 e. The second-order valence-corrected chi connectivity index (χ2v) is 7.63. The number of anilines is 2. The van der Waals surface area contributed by atoms with Crippen LogP contribution in [0.3, 0.4) is 0 Å². The molecule has 160 valence electrons. The van der Waals surface area contributed by atoms with E-state index in [2.05, 4.69) is 27.6 Å². The molecule has 0 spiro atoms. The number of ether oxygens (including phenoxy) is 1. The standard InChI is InChI=1S/C24H27N5O2/c1-4-5-14-31-19-12-10-18(11-13-19)22-21(17(3)27-24-25-15-26-29(22)24)23(30)28-20-9-7-6-8-16(20)2/h6-13,15,22H,4-5,14H2,1-3H3,(H,28,30)(H,25,26,27)/t22-/m0/s1. The van der Waals surface area contributed by atoms with Crippen LogP contribution in [0.1, 0.15) is 43.9 Å². The van der Waals surface area contributed by atoms with E-state index in [-0.39, 0.29) is 5.91 Å². The summed E-state index contributed by atoms with van der Waals surface area (Å²) in [6.45, 7) is 6.69. The first-order valence-corrected chi connectivity index (χ1v) is 10.6. The number of allylic oxidation sites excluding steroid dienone is 1. The summed E-state index contributed by atoms with van der Waals surface area (Å²) in [4.78, 5) is 17.7. The molecule has 1 aromatic heterocycles. The van der Waals surface area contributed by atoms with Crippen molar-refractivity contribution in [3.8, 4) is 5.75 Å². The van der Waals surface area contributed by atoms with Crippen LogP contribution in [0.2, 0.25) is 0 Å². The van der Waals surface area contributed by atoms with E-state index >= 15 is 0 Å². The van der Waals surface area contributed by atoms with Crippen LogP contribution in [0.15, 0.2) is 66.1 Å². The molecule has 4 rings (SSSR count). The Labute approximate surface area is 182 Å². The average Bonchev–Trinajstić information content (AvgIpc) is 3.23. The Kier molecular flexibility index (Phi) is 6.02. The van der Waals surface area contributed by atoms with Crippen molar-refractivity contribution in [2.45, 2.75) is 39.7 Å². The monoisotopic (exact) mass is 417 g/mol. The molecule has 0 radical (unpaired) electrons. The molecule has 7 nitrogen and oxygen atoms in total. The molecule has 1 aliphatic rings. The van der Waals surface area contributed by atoms with E-state index in [1.54, 1.807) is 4.68 Å². The minimum absolute atomic E-state index is 0.172. The molecule has 2 heterocycles. The first kappa shape index (κ1) is 20.7. The lowest BCUT2D eigenvalue weighted by Gasteiger charge is -2.29. The number of amides is 1. The van der Waals surface area contributed by atoms with Gasteiger partial charge in [-0.05, 0) is 49.6 Å². The number of unbranched alkanes of at least 4 members (excludes halogenated alkanes) is 1. The number of rotatable bonds is 7. The fraction of sp³-hybridized carbons (Fsp3) is 0.292. The van der Waals surface area contributed by atoms with Crippen LogP contribution in [0.5, 0.6) is 5.75 Å². The Hall–Kier alpha value is -3.61. The largest absolute Gasteiger partial charge is 0.494 e. The molecule has 0 aliphatic carbocycles. The third-order valence-corrected chi connectivity index (χ3v) is 5.39. The number of nitrogens with zero attached hydrogens (tertiary/aromatic N) is 3. The summed E-state index contributed by atoms with van der Waals surface area (Å²) in [5.41, 5.74) is 4.08. The van der Waals surface area contributed by atoms with Crippen molar-refractivity contribution in [2.24, 2.45) is 0 Å². The minimum atomic E-state index is -0.396. The Balaban J connectivity index is 1.66. The van der Waals surface area contributed by atoms with E-state index in [0.717, 1.165) is 41.1 Å². The summed E-state index contributed by atoms with van der Waals surface area (Å²) < 4.78 is 7.54. The van der Waals surface area contributed by atoms with Crippen LogP contribution in [-0.4, -0.2) is 27.3 Å². The highest BCUT2D eigenvalue weighted by atomic mass is 16.5. The van der Waals surface area contributed by atoms with Gasteiger partial charge in [-0.15, -0.1) is 0 Å². The van der Waals surface area contributed by atoms with E-state index in [4.69, 9.17) is 4.74 Å². The zero-order chi connectivity index (χ0) is 21.8. The quantitative estimate of drug-likeness (QED) is 0.545. The van der Waals surface area contributed by atoms with Gasteiger partial charge in [-0.2, -0.15) is 10.1 Å². The molecule has 1 atom stereocenters. The summed E-state index contributed by atoms with van der Waals surface area (Å²) in [5.74, 6) is 1.25. The second-order valence-electron chi connectivity index (χ2n) is 7.63. The summed E-state index contributed by atoms with van der Waals surface area (Å²) in [5, 5.41) is 10.6. The Bertz CT molecular complexity index is 1100. The third kappa shape index (κ3) is 4.30. The smallest absolute Gasteiger partial charge is 0.255 e. The van der Waals surface area contributed by atoms with Gasteiger partial charge in [0.1, 0.15) is 18.1 Å². The van der Waals surface area contributed by atoms with Crippen molar-refractivity contribution in [3.63, 3.8) is 0 Å². The van der Waals surface area contributed by atoms with Crippen molar-refractivity contribution < 1.29 is 9.53 Å². The molecule has 2 N–H and O–H groups in total.